The number of methoxy groups -OCH3 is 1. The number of nitro groups is 1. The molecule has 188 valence electrons. The van der Waals surface area contributed by atoms with Crippen molar-refractivity contribution in [2.45, 2.75) is 18.9 Å². The molecule has 2 amide bonds. The number of carbonyl (C=O) groups is 2. The van der Waals surface area contributed by atoms with Gasteiger partial charge in [-0.3, -0.25) is 19.7 Å². The first-order chi connectivity index (χ1) is 17.9. The van der Waals surface area contributed by atoms with Gasteiger partial charge in [-0.1, -0.05) is 42.5 Å². The van der Waals surface area contributed by atoms with Crippen molar-refractivity contribution in [1.29, 1.82) is 0 Å². The minimum Gasteiger partial charge on any atom is -0.383 e. The van der Waals surface area contributed by atoms with Crippen LogP contribution in [0.15, 0.2) is 72.9 Å². The van der Waals surface area contributed by atoms with Gasteiger partial charge in [-0.05, 0) is 30.7 Å². The topological polar surface area (TPSA) is 118 Å². The van der Waals surface area contributed by atoms with Crippen LogP contribution < -0.4 is 5.32 Å². The molecule has 0 aliphatic carbocycles. The molecule has 0 spiro atoms. The number of nitrogens with one attached hydrogen (secondary N) is 2. The Labute approximate surface area is 213 Å². The number of aromatic nitrogens is 1. The van der Waals surface area contributed by atoms with E-state index in [0.29, 0.717) is 29.0 Å². The van der Waals surface area contributed by atoms with E-state index >= 15 is 0 Å². The first-order valence-corrected chi connectivity index (χ1v) is 11.9. The van der Waals surface area contributed by atoms with Crippen LogP contribution in [0.5, 0.6) is 0 Å². The lowest BCUT2D eigenvalue weighted by Gasteiger charge is -2.41. The standard InChI is InChI=1S/C28H26N4O5/c1-17-22(12-7-13-24(17)32(35)36)30-27(33)25-19-9-3-4-10-20(19)28(34)31(14-15-37-2)26(25)21-16-29-23-11-6-5-8-18(21)23/h3-13,16,25-26,29H,14-15H2,1-2H3,(H,30,33)/t25-,26-/m0/s1. The summed E-state index contributed by atoms with van der Waals surface area (Å²) in [7, 11) is 1.57. The Morgan fingerprint density at radius 2 is 1.84 bits per heavy atom. The molecule has 1 aliphatic rings. The van der Waals surface area contributed by atoms with Gasteiger partial charge in [0.2, 0.25) is 5.91 Å². The molecule has 2 N–H and O–H groups in total. The third kappa shape index (κ3) is 4.23. The quantitative estimate of drug-likeness (QED) is 0.276. The van der Waals surface area contributed by atoms with Gasteiger partial charge in [0.15, 0.2) is 0 Å². The normalized spacial score (nSPS) is 17.0. The van der Waals surface area contributed by atoms with E-state index < -0.39 is 16.9 Å². The molecule has 3 aromatic carbocycles. The molecule has 1 aliphatic heterocycles. The fourth-order valence-corrected chi connectivity index (χ4v) is 5.16. The fraction of sp³-hybridized carbons (Fsp3) is 0.214. The predicted molar refractivity (Wildman–Crippen MR) is 140 cm³/mol. The van der Waals surface area contributed by atoms with Crippen molar-refractivity contribution in [1.82, 2.24) is 9.88 Å². The van der Waals surface area contributed by atoms with Crippen molar-refractivity contribution < 1.29 is 19.2 Å². The molecule has 0 saturated heterocycles. The summed E-state index contributed by atoms with van der Waals surface area (Å²) >= 11 is 0. The van der Waals surface area contributed by atoms with E-state index in [1.807, 2.05) is 36.5 Å². The second-order valence-corrected chi connectivity index (χ2v) is 8.99. The smallest absolute Gasteiger partial charge is 0.274 e. The van der Waals surface area contributed by atoms with Gasteiger partial charge in [-0.2, -0.15) is 0 Å². The maximum Gasteiger partial charge on any atom is 0.274 e. The lowest BCUT2D eigenvalue weighted by Crippen LogP contribution is -2.47. The third-order valence-electron chi connectivity index (χ3n) is 6.96. The molecule has 9 nitrogen and oxygen atoms in total. The number of benzene rings is 3. The van der Waals surface area contributed by atoms with Crippen molar-refractivity contribution in [2.75, 3.05) is 25.6 Å². The van der Waals surface area contributed by atoms with E-state index in [2.05, 4.69) is 10.3 Å². The number of aromatic amines is 1. The average Bonchev–Trinajstić information content (AvgIpc) is 3.33. The van der Waals surface area contributed by atoms with Crippen LogP contribution in [-0.4, -0.2) is 46.9 Å². The number of carbonyl (C=O) groups excluding carboxylic acids is 2. The molecule has 0 unspecified atom stereocenters. The summed E-state index contributed by atoms with van der Waals surface area (Å²) in [6.45, 7) is 2.19. The minimum atomic E-state index is -0.774. The Bertz CT molecular complexity index is 1510. The Morgan fingerprint density at radius 1 is 1.08 bits per heavy atom. The molecule has 0 saturated carbocycles. The maximum absolute atomic E-state index is 14.1. The predicted octanol–water partition coefficient (Wildman–Crippen LogP) is 4.95. The summed E-state index contributed by atoms with van der Waals surface area (Å²) in [5.41, 5.74) is 3.40. The van der Waals surface area contributed by atoms with E-state index in [4.69, 9.17) is 4.74 Å². The van der Waals surface area contributed by atoms with Gasteiger partial charge in [-0.15, -0.1) is 0 Å². The molecule has 1 aromatic heterocycles. The van der Waals surface area contributed by atoms with Crippen LogP contribution in [0.25, 0.3) is 10.9 Å². The van der Waals surface area contributed by atoms with Gasteiger partial charge in [0.25, 0.3) is 11.6 Å². The van der Waals surface area contributed by atoms with Crippen LogP contribution in [0.1, 0.15) is 39.0 Å². The van der Waals surface area contributed by atoms with Crippen LogP contribution in [0.2, 0.25) is 0 Å². The second-order valence-electron chi connectivity index (χ2n) is 8.99. The molecule has 9 heteroatoms. The van der Waals surface area contributed by atoms with Gasteiger partial charge < -0.3 is 19.9 Å². The van der Waals surface area contributed by atoms with Gasteiger partial charge in [-0.25, -0.2) is 0 Å². The highest BCUT2D eigenvalue weighted by Crippen LogP contribution is 2.45. The number of para-hydroxylation sites is 1. The Kier molecular flexibility index (Phi) is 6.45. The zero-order valence-corrected chi connectivity index (χ0v) is 20.4. The van der Waals surface area contributed by atoms with Crippen molar-refractivity contribution in [2.24, 2.45) is 0 Å². The van der Waals surface area contributed by atoms with Crippen LogP contribution in [-0.2, 0) is 9.53 Å². The molecule has 37 heavy (non-hydrogen) atoms. The molecule has 2 heterocycles. The zero-order chi connectivity index (χ0) is 26.1. The number of H-pyrrole nitrogens is 1. The summed E-state index contributed by atoms with van der Waals surface area (Å²) in [5.74, 6) is -1.32. The van der Waals surface area contributed by atoms with Gasteiger partial charge in [0, 0.05) is 47.9 Å². The highest BCUT2D eigenvalue weighted by atomic mass is 16.6. The number of fused-ring (bicyclic) bond motifs is 2. The number of hydrogen-bond donors (Lipinski definition) is 2. The summed E-state index contributed by atoms with van der Waals surface area (Å²) in [5, 5.41) is 15.3. The van der Waals surface area contributed by atoms with Gasteiger partial charge in [0.1, 0.15) is 0 Å². The Morgan fingerprint density at radius 3 is 2.62 bits per heavy atom. The number of rotatable bonds is 7. The number of hydrogen-bond acceptors (Lipinski definition) is 5. The van der Waals surface area contributed by atoms with E-state index in [-0.39, 0.29) is 24.0 Å². The summed E-state index contributed by atoms with van der Waals surface area (Å²) in [6, 6.07) is 18.8. The first-order valence-electron chi connectivity index (χ1n) is 11.9. The van der Waals surface area contributed by atoms with Crippen LogP contribution in [0.3, 0.4) is 0 Å². The Hall–Kier alpha value is -4.50. The molecular formula is C28H26N4O5. The second kappa shape index (κ2) is 9.87. The molecular weight excluding hydrogens is 472 g/mol. The maximum atomic E-state index is 14.1. The van der Waals surface area contributed by atoms with Crippen molar-refractivity contribution in [3.63, 3.8) is 0 Å². The van der Waals surface area contributed by atoms with Crippen LogP contribution >= 0.6 is 0 Å². The minimum absolute atomic E-state index is 0.0769. The summed E-state index contributed by atoms with van der Waals surface area (Å²) in [4.78, 5) is 43.7. The SMILES string of the molecule is COCCN1C(=O)c2ccccc2[C@H](C(=O)Nc2cccc([N+](=O)[O-])c2C)[C@@H]1c1c[nH]c2ccccc12. The molecule has 0 bridgehead atoms. The summed E-state index contributed by atoms with van der Waals surface area (Å²) in [6.07, 6.45) is 1.84. The van der Waals surface area contributed by atoms with Crippen molar-refractivity contribution in [3.8, 4) is 0 Å². The monoisotopic (exact) mass is 498 g/mol. The highest BCUT2D eigenvalue weighted by Gasteiger charge is 2.45. The van der Waals surface area contributed by atoms with Crippen molar-refractivity contribution in [3.05, 3.63) is 105 Å². The summed E-state index contributed by atoms with van der Waals surface area (Å²) < 4.78 is 5.31. The third-order valence-corrected chi connectivity index (χ3v) is 6.96. The molecule has 2 atom stereocenters. The van der Waals surface area contributed by atoms with E-state index in [9.17, 15) is 19.7 Å². The number of anilines is 1. The highest BCUT2D eigenvalue weighted by molar-refractivity contribution is 6.05. The fourth-order valence-electron chi connectivity index (χ4n) is 5.16. The van der Waals surface area contributed by atoms with Gasteiger partial charge >= 0.3 is 0 Å². The van der Waals surface area contributed by atoms with Crippen LogP contribution in [0.4, 0.5) is 11.4 Å². The average molecular weight is 499 g/mol. The van der Waals surface area contributed by atoms with E-state index in [1.165, 1.54) is 6.07 Å². The number of nitrogens with zero attached hydrogens (tertiary/aromatic N) is 2. The molecule has 0 radical (unpaired) electrons. The van der Waals surface area contributed by atoms with Crippen molar-refractivity contribution >= 4 is 34.1 Å². The Balaban J connectivity index is 1.67. The lowest BCUT2D eigenvalue weighted by molar-refractivity contribution is -0.385. The number of amides is 2. The van der Waals surface area contributed by atoms with E-state index in [1.54, 1.807) is 49.3 Å². The molecule has 5 rings (SSSR count). The largest absolute Gasteiger partial charge is 0.383 e. The molecule has 0 fully saturated rings. The van der Waals surface area contributed by atoms with E-state index in [0.717, 1.165) is 16.5 Å². The van der Waals surface area contributed by atoms with Gasteiger partial charge in [0.05, 0.1) is 34.7 Å². The zero-order valence-electron chi connectivity index (χ0n) is 20.4. The lowest BCUT2D eigenvalue weighted by atomic mass is 9.79. The van der Waals surface area contributed by atoms with Crippen LogP contribution in [0, 0.1) is 17.0 Å². The molecule has 4 aromatic rings. The number of nitro benzene ring substituents is 1. The first kappa shape index (κ1) is 24.2. The number of ether oxygens (including phenoxy) is 1.